The number of pyridine rings is 1. The van der Waals surface area contributed by atoms with Gasteiger partial charge in [0.15, 0.2) is 12.3 Å². The van der Waals surface area contributed by atoms with Crippen molar-refractivity contribution >= 4 is 17.0 Å². The van der Waals surface area contributed by atoms with Crippen LogP contribution >= 0.6 is 0 Å². The fourth-order valence-corrected chi connectivity index (χ4v) is 2.05. The summed E-state index contributed by atoms with van der Waals surface area (Å²) in [6.45, 7) is 5.71. The van der Waals surface area contributed by atoms with Gasteiger partial charge >= 0.3 is 5.97 Å². The van der Waals surface area contributed by atoms with Crippen molar-refractivity contribution in [2.75, 3.05) is 6.61 Å². The first-order valence-corrected chi connectivity index (χ1v) is 6.09. The molecule has 2 aromatic heterocycles. The van der Waals surface area contributed by atoms with Crippen LogP contribution in [0.2, 0.25) is 0 Å². The number of aliphatic carboxylic acids is 1. The first kappa shape index (κ1) is 13.3. The van der Waals surface area contributed by atoms with Gasteiger partial charge < -0.3 is 9.84 Å². The maximum absolute atomic E-state index is 10.5. The van der Waals surface area contributed by atoms with E-state index in [4.69, 9.17) is 9.84 Å². The molecule has 0 bridgehead atoms. The molecule has 2 rings (SSSR count). The van der Waals surface area contributed by atoms with Crippen LogP contribution in [0.3, 0.4) is 0 Å². The highest BCUT2D eigenvalue weighted by Gasteiger charge is 2.16. The van der Waals surface area contributed by atoms with E-state index in [1.165, 1.54) is 0 Å². The molecular formula is C13H17N3O3. The van der Waals surface area contributed by atoms with E-state index in [2.05, 4.69) is 23.9 Å². The van der Waals surface area contributed by atoms with Crippen LogP contribution in [-0.4, -0.2) is 32.4 Å². The molecule has 0 fully saturated rings. The third-order valence-electron chi connectivity index (χ3n) is 2.88. The van der Waals surface area contributed by atoms with Gasteiger partial charge in [-0.3, -0.25) is 4.68 Å². The van der Waals surface area contributed by atoms with Crippen LogP contribution in [0.15, 0.2) is 6.07 Å². The number of carboxylic acids is 1. The molecule has 0 aliphatic rings. The topological polar surface area (TPSA) is 77.2 Å². The average Bonchev–Trinajstić information content (AvgIpc) is 2.65. The minimum absolute atomic E-state index is 0.301. The smallest absolute Gasteiger partial charge is 0.341 e. The van der Waals surface area contributed by atoms with Crippen molar-refractivity contribution in [3.05, 3.63) is 17.3 Å². The van der Waals surface area contributed by atoms with E-state index in [0.717, 1.165) is 16.6 Å². The van der Waals surface area contributed by atoms with Crippen LogP contribution in [0.1, 0.15) is 31.0 Å². The molecular weight excluding hydrogens is 246 g/mol. The lowest BCUT2D eigenvalue weighted by Crippen LogP contribution is -2.10. The second kappa shape index (κ2) is 4.87. The highest BCUT2D eigenvalue weighted by atomic mass is 16.5. The first-order chi connectivity index (χ1) is 8.90. The standard InChI is InChI=1S/C13H17N3O3/c1-7(2)12-11-8(3)5-9(19-6-10(17)18)14-13(11)16(4)15-12/h5,7H,6H2,1-4H3,(H,17,18). The van der Waals surface area contributed by atoms with E-state index in [9.17, 15) is 4.79 Å². The number of hydrogen-bond donors (Lipinski definition) is 1. The second-order valence-corrected chi connectivity index (χ2v) is 4.82. The molecule has 2 heterocycles. The van der Waals surface area contributed by atoms with Gasteiger partial charge in [0.25, 0.3) is 0 Å². The van der Waals surface area contributed by atoms with Gasteiger partial charge in [-0.15, -0.1) is 0 Å². The van der Waals surface area contributed by atoms with Crippen LogP contribution in [0.4, 0.5) is 0 Å². The molecule has 6 nitrogen and oxygen atoms in total. The Hall–Kier alpha value is -2.11. The van der Waals surface area contributed by atoms with E-state index in [1.807, 2.05) is 14.0 Å². The number of ether oxygens (including phenoxy) is 1. The Morgan fingerprint density at radius 2 is 2.21 bits per heavy atom. The van der Waals surface area contributed by atoms with Gasteiger partial charge in [-0.05, 0) is 18.4 Å². The van der Waals surface area contributed by atoms with Crippen molar-refractivity contribution in [1.82, 2.24) is 14.8 Å². The van der Waals surface area contributed by atoms with E-state index in [0.29, 0.717) is 17.4 Å². The molecule has 0 amide bonds. The predicted molar refractivity (Wildman–Crippen MR) is 70.5 cm³/mol. The molecule has 19 heavy (non-hydrogen) atoms. The van der Waals surface area contributed by atoms with Gasteiger partial charge in [-0.25, -0.2) is 4.79 Å². The normalized spacial score (nSPS) is 11.2. The molecule has 0 unspecified atom stereocenters. The summed E-state index contributed by atoms with van der Waals surface area (Å²) in [6, 6.07) is 1.75. The number of carbonyl (C=O) groups is 1. The summed E-state index contributed by atoms with van der Waals surface area (Å²) in [5.41, 5.74) is 2.69. The third kappa shape index (κ3) is 2.52. The molecule has 2 aromatic rings. The minimum Gasteiger partial charge on any atom is -0.479 e. The third-order valence-corrected chi connectivity index (χ3v) is 2.88. The molecule has 6 heteroatoms. The summed E-state index contributed by atoms with van der Waals surface area (Å²) in [4.78, 5) is 14.8. The SMILES string of the molecule is Cc1cc(OCC(=O)O)nc2c1c(C(C)C)nn2C. The number of carboxylic acid groups (broad SMARTS) is 1. The van der Waals surface area contributed by atoms with Gasteiger partial charge in [0.1, 0.15) is 0 Å². The second-order valence-electron chi connectivity index (χ2n) is 4.82. The van der Waals surface area contributed by atoms with Crippen molar-refractivity contribution in [3.8, 4) is 5.88 Å². The molecule has 1 N–H and O–H groups in total. The zero-order chi connectivity index (χ0) is 14.2. The zero-order valence-electron chi connectivity index (χ0n) is 11.5. The van der Waals surface area contributed by atoms with Crippen LogP contribution in [0.25, 0.3) is 11.0 Å². The first-order valence-electron chi connectivity index (χ1n) is 6.09. The van der Waals surface area contributed by atoms with Gasteiger partial charge in [-0.2, -0.15) is 10.1 Å². The Kier molecular flexibility index (Phi) is 3.42. The Labute approximate surface area is 111 Å². The molecule has 0 atom stereocenters. The molecule has 102 valence electrons. The van der Waals surface area contributed by atoms with E-state index >= 15 is 0 Å². The highest BCUT2D eigenvalue weighted by molar-refractivity contribution is 5.83. The molecule has 0 aromatic carbocycles. The van der Waals surface area contributed by atoms with Gasteiger partial charge in [-0.1, -0.05) is 13.8 Å². The lowest BCUT2D eigenvalue weighted by Gasteiger charge is -2.06. The lowest BCUT2D eigenvalue weighted by molar-refractivity contribution is -0.139. The number of aryl methyl sites for hydroxylation is 2. The summed E-state index contributed by atoms with van der Waals surface area (Å²) in [6.07, 6.45) is 0. The number of nitrogens with zero attached hydrogens (tertiary/aromatic N) is 3. The Bertz CT molecular complexity index is 632. The number of fused-ring (bicyclic) bond motifs is 1. The molecule has 0 spiro atoms. The summed E-state index contributed by atoms with van der Waals surface area (Å²) in [5, 5.41) is 14.1. The fraction of sp³-hybridized carbons (Fsp3) is 0.462. The lowest BCUT2D eigenvalue weighted by atomic mass is 10.0. The van der Waals surface area contributed by atoms with E-state index < -0.39 is 12.6 Å². The fourth-order valence-electron chi connectivity index (χ4n) is 2.05. The Morgan fingerprint density at radius 1 is 1.53 bits per heavy atom. The Balaban J connectivity index is 2.52. The Morgan fingerprint density at radius 3 is 2.79 bits per heavy atom. The van der Waals surface area contributed by atoms with Crippen molar-refractivity contribution in [3.63, 3.8) is 0 Å². The summed E-state index contributed by atoms with van der Waals surface area (Å²) >= 11 is 0. The van der Waals surface area contributed by atoms with E-state index in [1.54, 1.807) is 10.7 Å². The minimum atomic E-state index is -1.02. The number of rotatable bonds is 4. The zero-order valence-corrected chi connectivity index (χ0v) is 11.5. The molecule has 0 aliphatic heterocycles. The summed E-state index contributed by atoms with van der Waals surface area (Å²) in [5.74, 6) is -0.409. The number of aromatic nitrogens is 3. The van der Waals surface area contributed by atoms with Gasteiger partial charge in [0.2, 0.25) is 5.88 Å². The van der Waals surface area contributed by atoms with E-state index in [-0.39, 0.29) is 0 Å². The van der Waals surface area contributed by atoms with Crippen LogP contribution in [0.5, 0.6) is 5.88 Å². The van der Waals surface area contributed by atoms with Crippen molar-refractivity contribution in [2.45, 2.75) is 26.7 Å². The van der Waals surface area contributed by atoms with Crippen molar-refractivity contribution in [1.29, 1.82) is 0 Å². The predicted octanol–water partition coefficient (Wildman–Crippen LogP) is 1.86. The molecule has 0 radical (unpaired) electrons. The highest BCUT2D eigenvalue weighted by Crippen LogP contribution is 2.28. The largest absolute Gasteiger partial charge is 0.479 e. The van der Waals surface area contributed by atoms with Crippen molar-refractivity contribution in [2.24, 2.45) is 7.05 Å². The van der Waals surface area contributed by atoms with Crippen molar-refractivity contribution < 1.29 is 14.6 Å². The number of hydrogen-bond acceptors (Lipinski definition) is 4. The maximum Gasteiger partial charge on any atom is 0.341 e. The molecule has 0 saturated carbocycles. The van der Waals surface area contributed by atoms with Crippen LogP contribution in [-0.2, 0) is 11.8 Å². The summed E-state index contributed by atoms with van der Waals surface area (Å²) < 4.78 is 6.83. The van der Waals surface area contributed by atoms with Gasteiger partial charge in [0.05, 0.1) is 5.69 Å². The summed E-state index contributed by atoms with van der Waals surface area (Å²) in [7, 11) is 1.82. The van der Waals surface area contributed by atoms with Crippen LogP contribution < -0.4 is 4.74 Å². The maximum atomic E-state index is 10.5. The quantitative estimate of drug-likeness (QED) is 0.911. The monoisotopic (exact) mass is 263 g/mol. The molecule has 0 aliphatic carbocycles. The molecule has 0 saturated heterocycles. The van der Waals surface area contributed by atoms with Crippen LogP contribution in [0, 0.1) is 6.92 Å². The average molecular weight is 263 g/mol. The van der Waals surface area contributed by atoms with Gasteiger partial charge in [0, 0.05) is 18.5 Å².